The fraction of sp³-hybridized carbons (Fsp3) is 0.176. The summed E-state index contributed by atoms with van der Waals surface area (Å²) in [6, 6.07) is 11.7. The van der Waals surface area contributed by atoms with Crippen LogP contribution in [0.4, 0.5) is 0 Å². The van der Waals surface area contributed by atoms with Gasteiger partial charge in [0.15, 0.2) is 11.5 Å². The van der Waals surface area contributed by atoms with Gasteiger partial charge >= 0.3 is 0 Å². The van der Waals surface area contributed by atoms with Crippen molar-refractivity contribution in [3.05, 3.63) is 58.1 Å². The normalized spacial score (nSPS) is 9.96. The second kappa shape index (κ2) is 8.35. The quantitative estimate of drug-likeness (QED) is 0.766. The minimum absolute atomic E-state index is 0.340. The molecule has 2 aromatic rings. The van der Waals surface area contributed by atoms with Gasteiger partial charge in [-0.25, -0.2) is 0 Å². The van der Waals surface area contributed by atoms with E-state index in [1.165, 1.54) is 7.11 Å². The van der Waals surface area contributed by atoms with Crippen molar-refractivity contribution in [1.29, 1.82) is 0 Å². The molecule has 2 amide bonds. The molecule has 7 heteroatoms. The second-order valence-corrected chi connectivity index (χ2v) is 5.54. The third-order valence-electron chi connectivity index (χ3n) is 3.13. The standard InChI is InChI=1S/C17H17BrN2O4/c1-3-24-15-10-11(8-9-14(15)23-2)16(21)19-20-17(22)12-6-4-5-7-13(12)18/h4-10H,3H2,1-2H3,(H,19,21)(H,20,22). The summed E-state index contributed by atoms with van der Waals surface area (Å²) in [6.45, 7) is 2.28. The molecular weight excluding hydrogens is 376 g/mol. The van der Waals surface area contributed by atoms with Gasteiger partial charge in [0, 0.05) is 10.0 Å². The third kappa shape index (κ3) is 4.26. The summed E-state index contributed by atoms with van der Waals surface area (Å²) in [5, 5.41) is 0. The number of halogens is 1. The molecule has 126 valence electrons. The summed E-state index contributed by atoms with van der Waals surface area (Å²) in [7, 11) is 1.52. The van der Waals surface area contributed by atoms with Crippen molar-refractivity contribution in [3.63, 3.8) is 0 Å². The predicted molar refractivity (Wildman–Crippen MR) is 93.2 cm³/mol. The third-order valence-corrected chi connectivity index (χ3v) is 3.83. The highest BCUT2D eigenvalue weighted by Crippen LogP contribution is 2.27. The monoisotopic (exact) mass is 392 g/mol. The van der Waals surface area contributed by atoms with E-state index in [0.717, 1.165) is 0 Å². The van der Waals surface area contributed by atoms with Gasteiger partial charge in [-0.2, -0.15) is 0 Å². The van der Waals surface area contributed by atoms with Crippen LogP contribution in [0.3, 0.4) is 0 Å². The molecule has 2 N–H and O–H groups in total. The van der Waals surface area contributed by atoms with Gasteiger partial charge in [0.25, 0.3) is 11.8 Å². The van der Waals surface area contributed by atoms with E-state index >= 15 is 0 Å². The molecule has 0 fully saturated rings. The predicted octanol–water partition coefficient (Wildman–Crippen LogP) is 2.93. The van der Waals surface area contributed by atoms with Gasteiger partial charge in [-0.1, -0.05) is 12.1 Å². The molecule has 0 saturated heterocycles. The van der Waals surface area contributed by atoms with E-state index in [2.05, 4.69) is 26.8 Å². The Morgan fingerprint density at radius 2 is 1.75 bits per heavy atom. The summed E-state index contributed by atoms with van der Waals surface area (Å²) in [5.41, 5.74) is 5.51. The average molecular weight is 393 g/mol. The van der Waals surface area contributed by atoms with Gasteiger partial charge < -0.3 is 9.47 Å². The van der Waals surface area contributed by atoms with E-state index in [1.807, 2.05) is 6.92 Å². The van der Waals surface area contributed by atoms with Crippen LogP contribution < -0.4 is 20.3 Å². The molecule has 0 saturated carbocycles. The van der Waals surface area contributed by atoms with E-state index in [9.17, 15) is 9.59 Å². The Hall–Kier alpha value is -2.54. The number of amides is 2. The fourth-order valence-corrected chi connectivity index (χ4v) is 2.45. The summed E-state index contributed by atoms with van der Waals surface area (Å²) >= 11 is 3.29. The molecule has 0 aliphatic rings. The van der Waals surface area contributed by atoms with Crippen molar-refractivity contribution in [2.45, 2.75) is 6.92 Å². The number of methoxy groups -OCH3 is 1. The Balaban J connectivity index is 2.06. The van der Waals surface area contributed by atoms with Gasteiger partial charge in [-0.3, -0.25) is 20.4 Å². The molecular formula is C17H17BrN2O4. The molecule has 6 nitrogen and oxygen atoms in total. The first-order valence-corrected chi connectivity index (χ1v) is 8.02. The van der Waals surface area contributed by atoms with E-state index in [1.54, 1.807) is 42.5 Å². The fourth-order valence-electron chi connectivity index (χ4n) is 1.98. The molecule has 2 aromatic carbocycles. The topological polar surface area (TPSA) is 76.7 Å². The van der Waals surface area contributed by atoms with Gasteiger partial charge in [0.2, 0.25) is 0 Å². The molecule has 24 heavy (non-hydrogen) atoms. The smallest absolute Gasteiger partial charge is 0.270 e. The van der Waals surface area contributed by atoms with E-state index < -0.39 is 11.8 Å². The molecule has 0 unspecified atom stereocenters. The largest absolute Gasteiger partial charge is 0.493 e. The lowest BCUT2D eigenvalue weighted by Gasteiger charge is -2.12. The van der Waals surface area contributed by atoms with Crippen LogP contribution in [-0.4, -0.2) is 25.5 Å². The Morgan fingerprint density at radius 1 is 1.04 bits per heavy atom. The summed E-state index contributed by atoms with van der Waals surface area (Å²) < 4.78 is 11.2. The van der Waals surface area contributed by atoms with Crippen molar-refractivity contribution >= 4 is 27.7 Å². The Labute approximate surface area is 148 Å². The number of hydrogen-bond donors (Lipinski definition) is 2. The van der Waals surface area contributed by atoms with Crippen molar-refractivity contribution in [2.24, 2.45) is 0 Å². The minimum atomic E-state index is -0.459. The van der Waals surface area contributed by atoms with Crippen LogP contribution in [0.1, 0.15) is 27.6 Å². The maximum Gasteiger partial charge on any atom is 0.270 e. The molecule has 0 spiro atoms. The number of hydrogen-bond acceptors (Lipinski definition) is 4. The van der Waals surface area contributed by atoms with Crippen LogP contribution in [0, 0.1) is 0 Å². The number of benzene rings is 2. The van der Waals surface area contributed by atoms with Crippen LogP contribution in [0.5, 0.6) is 11.5 Å². The van der Waals surface area contributed by atoms with Crippen LogP contribution in [0.2, 0.25) is 0 Å². The van der Waals surface area contributed by atoms with E-state index in [4.69, 9.17) is 9.47 Å². The summed E-state index contributed by atoms with van der Waals surface area (Å²) in [5.74, 6) is 0.115. The van der Waals surface area contributed by atoms with Crippen molar-refractivity contribution < 1.29 is 19.1 Å². The maximum absolute atomic E-state index is 12.2. The molecule has 2 rings (SSSR count). The second-order valence-electron chi connectivity index (χ2n) is 4.69. The molecule has 0 bridgehead atoms. The maximum atomic E-state index is 12.2. The van der Waals surface area contributed by atoms with Crippen LogP contribution >= 0.6 is 15.9 Å². The SMILES string of the molecule is CCOc1cc(C(=O)NNC(=O)c2ccccc2Br)ccc1OC. The molecule has 0 aliphatic heterocycles. The van der Waals surface area contributed by atoms with E-state index in [0.29, 0.717) is 33.7 Å². The number of carbonyl (C=O) groups excluding carboxylic acids is 2. The van der Waals surface area contributed by atoms with Crippen LogP contribution in [0.25, 0.3) is 0 Å². The first-order chi connectivity index (χ1) is 11.6. The zero-order valence-electron chi connectivity index (χ0n) is 13.3. The average Bonchev–Trinajstić information content (AvgIpc) is 2.60. The van der Waals surface area contributed by atoms with Gasteiger partial charge in [-0.15, -0.1) is 0 Å². The number of carbonyl (C=O) groups is 2. The van der Waals surface area contributed by atoms with Crippen molar-refractivity contribution in [1.82, 2.24) is 10.9 Å². The molecule has 0 heterocycles. The van der Waals surface area contributed by atoms with Gasteiger partial charge in [0.05, 0.1) is 19.3 Å². The highest BCUT2D eigenvalue weighted by molar-refractivity contribution is 9.10. The Kier molecular flexibility index (Phi) is 6.20. The Bertz CT molecular complexity index is 749. The lowest BCUT2D eigenvalue weighted by molar-refractivity contribution is 0.0846. The molecule has 0 atom stereocenters. The lowest BCUT2D eigenvalue weighted by atomic mass is 10.2. The van der Waals surface area contributed by atoms with Crippen molar-refractivity contribution in [2.75, 3.05) is 13.7 Å². The van der Waals surface area contributed by atoms with Crippen LogP contribution in [0.15, 0.2) is 46.9 Å². The molecule has 0 radical (unpaired) electrons. The van der Waals surface area contributed by atoms with E-state index in [-0.39, 0.29) is 0 Å². The van der Waals surface area contributed by atoms with Crippen molar-refractivity contribution in [3.8, 4) is 11.5 Å². The first-order valence-electron chi connectivity index (χ1n) is 7.22. The summed E-state index contributed by atoms with van der Waals surface area (Å²) in [4.78, 5) is 24.3. The highest BCUT2D eigenvalue weighted by Gasteiger charge is 2.13. The lowest BCUT2D eigenvalue weighted by Crippen LogP contribution is -2.41. The zero-order chi connectivity index (χ0) is 17.5. The highest BCUT2D eigenvalue weighted by atomic mass is 79.9. The zero-order valence-corrected chi connectivity index (χ0v) is 14.8. The summed E-state index contributed by atoms with van der Waals surface area (Å²) in [6.07, 6.45) is 0. The first kappa shape index (κ1) is 17.8. The van der Waals surface area contributed by atoms with Crippen LogP contribution in [-0.2, 0) is 0 Å². The number of nitrogens with one attached hydrogen (secondary N) is 2. The number of ether oxygens (including phenoxy) is 2. The van der Waals surface area contributed by atoms with Gasteiger partial charge in [0.1, 0.15) is 0 Å². The Morgan fingerprint density at radius 3 is 2.42 bits per heavy atom. The number of hydrazine groups is 1. The molecule has 0 aliphatic carbocycles. The van der Waals surface area contributed by atoms with Gasteiger partial charge in [-0.05, 0) is 53.2 Å². The number of rotatable bonds is 5. The molecule has 0 aromatic heterocycles. The minimum Gasteiger partial charge on any atom is -0.493 e.